The van der Waals surface area contributed by atoms with E-state index in [0.717, 1.165) is 18.4 Å². The van der Waals surface area contributed by atoms with E-state index in [1.165, 1.54) is 25.0 Å². The van der Waals surface area contributed by atoms with Crippen LogP contribution >= 0.6 is 31.9 Å². The Hall–Kier alpha value is -2.07. The Labute approximate surface area is 176 Å². The van der Waals surface area contributed by atoms with E-state index in [1.807, 2.05) is 6.07 Å². The van der Waals surface area contributed by atoms with Gasteiger partial charge in [0.05, 0.1) is 10.2 Å². The zero-order valence-corrected chi connectivity index (χ0v) is 17.9. The average Bonchev–Trinajstić information content (AvgIpc) is 3.36. The second kappa shape index (κ2) is 7.40. The molecule has 2 aromatic heterocycles. The molecule has 4 rings (SSSR count). The Kier molecular flexibility index (Phi) is 5.09. The maximum atomic E-state index is 13.7. The third kappa shape index (κ3) is 4.49. The molecule has 1 aliphatic carbocycles. The first-order chi connectivity index (χ1) is 13.3. The molecule has 0 radical (unpaired) electrons. The minimum atomic E-state index is -2.95. The van der Waals surface area contributed by atoms with E-state index in [0.29, 0.717) is 26.4 Å². The first-order valence-electron chi connectivity index (χ1n) is 8.59. The predicted octanol–water partition coefficient (Wildman–Crippen LogP) is 6.20. The number of H-pyrrole nitrogens is 1. The molecule has 0 spiro atoms. The van der Waals surface area contributed by atoms with Crippen molar-refractivity contribution in [1.82, 2.24) is 20.2 Å². The fourth-order valence-corrected chi connectivity index (χ4v) is 3.46. The Morgan fingerprint density at radius 1 is 1.14 bits per heavy atom. The van der Waals surface area contributed by atoms with Crippen molar-refractivity contribution in [1.29, 1.82) is 0 Å². The summed E-state index contributed by atoms with van der Waals surface area (Å²) in [6.07, 6.45) is 3.92. The van der Waals surface area contributed by atoms with Crippen LogP contribution in [-0.4, -0.2) is 20.2 Å². The third-order valence-corrected chi connectivity index (χ3v) is 5.29. The molecular weight excluding hydrogens is 498 g/mol. The quantitative estimate of drug-likeness (QED) is 0.365. The number of benzene rings is 1. The number of halogens is 4. The van der Waals surface area contributed by atoms with E-state index >= 15 is 0 Å². The van der Waals surface area contributed by atoms with E-state index in [9.17, 15) is 8.78 Å². The Morgan fingerprint density at radius 2 is 1.93 bits per heavy atom. The summed E-state index contributed by atoms with van der Waals surface area (Å²) < 4.78 is 28.5. The molecule has 1 saturated carbocycles. The number of aromatic nitrogens is 4. The summed E-state index contributed by atoms with van der Waals surface area (Å²) in [5.74, 6) is -0.883. The van der Waals surface area contributed by atoms with Crippen molar-refractivity contribution in [2.45, 2.75) is 31.6 Å². The molecule has 146 valence electrons. The van der Waals surface area contributed by atoms with E-state index < -0.39 is 5.92 Å². The van der Waals surface area contributed by atoms with Crippen molar-refractivity contribution >= 4 is 55.1 Å². The van der Waals surface area contributed by atoms with Crippen LogP contribution in [0.4, 0.5) is 32.1 Å². The summed E-state index contributed by atoms with van der Waals surface area (Å²) in [6, 6.07) is 6.41. The second-order valence-electron chi connectivity index (χ2n) is 6.74. The highest BCUT2D eigenvalue weighted by molar-refractivity contribution is 9.10. The molecule has 0 unspecified atom stereocenters. The Balaban J connectivity index is 1.56. The molecule has 2 heterocycles. The van der Waals surface area contributed by atoms with E-state index in [-0.39, 0.29) is 11.5 Å². The Morgan fingerprint density at radius 3 is 2.64 bits per heavy atom. The first-order valence-corrected chi connectivity index (χ1v) is 10.2. The smallest absolute Gasteiger partial charge is 0.270 e. The highest BCUT2D eigenvalue weighted by atomic mass is 79.9. The molecule has 1 aliphatic rings. The van der Waals surface area contributed by atoms with E-state index in [4.69, 9.17) is 0 Å². The standard InChI is InChI=1S/C18H16Br2F2N6/c1-18(21,22)10-4-11(19)6-12(5-10)24-17-23-8-13(20)16(26-17)25-15-7-14(27-28-15)9-2-3-9/h4-9H,2-3H2,1H3,(H3,23,24,25,26,27,28). The molecule has 1 aromatic carbocycles. The van der Waals surface area contributed by atoms with Crippen LogP contribution in [0.3, 0.4) is 0 Å². The number of rotatable bonds is 6. The summed E-state index contributed by atoms with van der Waals surface area (Å²) in [5.41, 5.74) is 1.38. The second-order valence-corrected chi connectivity index (χ2v) is 8.51. The number of nitrogens with one attached hydrogen (secondary N) is 3. The zero-order valence-electron chi connectivity index (χ0n) is 14.7. The van der Waals surface area contributed by atoms with Gasteiger partial charge in [0.25, 0.3) is 5.92 Å². The largest absolute Gasteiger partial charge is 0.324 e. The van der Waals surface area contributed by atoms with Gasteiger partial charge < -0.3 is 10.6 Å². The van der Waals surface area contributed by atoms with Gasteiger partial charge in [0.15, 0.2) is 5.82 Å². The van der Waals surface area contributed by atoms with Gasteiger partial charge in [0.2, 0.25) is 5.95 Å². The van der Waals surface area contributed by atoms with Crippen molar-refractivity contribution in [2.24, 2.45) is 0 Å². The van der Waals surface area contributed by atoms with Gasteiger partial charge in [-0.1, -0.05) is 15.9 Å². The predicted molar refractivity (Wildman–Crippen MR) is 111 cm³/mol. The highest BCUT2D eigenvalue weighted by Crippen LogP contribution is 2.40. The number of hydrogen-bond donors (Lipinski definition) is 3. The van der Waals surface area contributed by atoms with Crippen molar-refractivity contribution in [3.63, 3.8) is 0 Å². The maximum Gasteiger partial charge on any atom is 0.270 e. The number of nitrogens with zero attached hydrogens (tertiary/aromatic N) is 3. The van der Waals surface area contributed by atoms with Crippen LogP contribution in [-0.2, 0) is 5.92 Å². The van der Waals surface area contributed by atoms with Crippen LogP contribution in [0.25, 0.3) is 0 Å². The van der Waals surface area contributed by atoms with Crippen molar-refractivity contribution < 1.29 is 8.78 Å². The van der Waals surface area contributed by atoms with Crippen LogP contribution in [0, 0.1) is 0 Å². The zero-order chi connectivity index (χ0) is 19.9. The molecule has 10 heteroatoms. The lowest BCUT2D eigenvalue weighted by atomic mass is 10.1. The van der Waals surface area contributed by atoms with Gasteiger partial charge in [0.1, 0.15) is 5.82 Å². The van der Waals surface area contributed by atoms with Crippen LogP contribution in [0.5, 0.6) is 0 Å². The monoisotopic (exact) mass is 512 g/mol. The lowest BCUT2D eigenvalue weighted by Crippen LogP contribution is -2.08. The highest BCUT2D eigenvalue weighted by Gasteiger charge is 2.26. The number of aromatic amines is 1. The molecule has 0 aliphatic heterocycles. The van der Waals surface area contributed by atoms with E-state index in [1.54, 1.807) is 12.3 Å². The van der Waals surface area contributed by atoms with E-state index in [2.05, 4.69) is 62.7 Å². The molecule has 3 aromatic rings. The maximum absolute atomic E-state index is 13.7. The molecule has 0 bridgehead atoms. The third-order valence-electron chi connectivity index (χ3n) is 4.25. The van der Waals surface area contributed by atoms with Gasteiger partial charge in [-0.3, -0.25) is 5.10 Å². The fourth-order valence-electron chi connectivity index (χ4n) is 2.68. The minimum absolute atomic E-state index is 0.107. The van der Waals surface area contributed by atoms with Crippen molar-refractivity contribution in [2.75, 3.05) is 10.6 Å². The Bertz CT molecular complexity index is 1010. The summed E-state index contributed by atoms with van der Waals surface area (Å²) in [6.45, 7) is 0.858. The lowest BCUT2D eigenvalue weighted by Gasteiger charge is -2.14. The van der Waals surface area contributed by atoms with Gasteiger partial charge in [-0.05, 0) is 47.0 Å². The molecule has 0 atom stereocenters. The first kappa shape index (κ1) is 19.3. The number of anilines is 4. The summed E-state index contributed by atoms with van der Waals surface area (Å²) in [4.78, 5) is 8.63. The van der Waals surface area contributed by atoms with Gasteiger partial charge in [-0.25, -0.2) is 13.8 Å². The fraction of sp³-hybridized carbons (Fsp3) is 0.278. The lowest BCUT2D eigenvalue weighted by molar-refractivity contribution is 0.0174. The number of hydrogen-bond acceptors (Lipinski definition) is 5. The van der Waals surface area contributed by atoms with Crippen LogP contribution in [0.1, 0.15) is 36.9 Å². The minimum Gasteiger partial charge on any atom is -0.324 e. The SMILES string of the molecule is CC(F)(F)c1cc(Br)cc(Nc2ncc(Br)c(Nc3cc(C4CC4)n[nH]3)n2)c1. The van der Waals surface area contributed by atoms with Gasteiger partial charge >= 0.3 is 0 Å². The van der Waals surface area contributed by atoms with Gasteiger partial charge in [-0.15, -0.1) is 0 Å². The molecule has 3 N–H and O–H groups in total. The molecular formula is C18H16Br2F2N6. The molecule has 0 saturated heterocycles. The molecule has 0 amide bonds. The molecule has 1 fully saturated rings. The van der Waals surface area contributed by atoms with Gasteiger partial charge in [0, 0.05) is 40.8 Å². The normalized spacial score (nSPS) is 14.2. The summed E-state index contributed by atoms with van der Waals surface area (Å²) in [7, 11) is 0. The topological polar surface area (TPSA) is 78.5 Å². The average molecular weight is 514 g/mol. The summed E-state index contributed by atoms with van der Waals surface area (Å²) >= 11 is 6.68. The summed E-state index contributed by atoms with van der Waals surface area (Å²) in [5, 5.41) is 13.4. The van der Waals surface area contributed by atoms with Crippen molar-refractivity contribution in [3.8, 4) is 0 Å². The van der Waals surface area contributed by atoms with Crippen LogP contribution in [0.15, 0.2) is 39.4 Å². The number of alkyl halides is 2. The molecule has 28 heavy (non-hydrogen) atoms. The van der Waals surface area contributed by atoms with Crippen LogP contribution in [0.2, 0.25) is 0 Å². The van der Waals surface area contributed by atoms with Crippen LogP contribution < -0.4 is 10.6 Å². The molecule has 6 nitrogen and oxygen atoms in total. The van der Waals surface area contributed by atoms with Crippen molar-refractivity contribution in [3.05, 3.63) is 50.7 Å². The van der Waals surface area contributed by atoms with Gasteiger partial charge in [-0.2, -0.15) is 10.1 Å².